The van der Waals surface area contributed by atoms with E-state index >= 15 is 0 Å². The van der Waals surface area contributed by atoms with E-state index in [1.165, 1.54) is 18.3 Å². The van der Waals surface area contributed by atoms with Crippen molar-refractivity contribution in [2.45, 2.75) is 13.5 Å². The summed E-state index contributed by atoms with van der Waals surface area (Å²) in [5.41, 5.74) is 6.84. The molecule has 2 N–H and O–H groups in total. The molecule has 0 bridgehead atoms. The van der Waals surface area contributed by atoms with Crippen LogP contribution in [0.2, 0.25) is 0 Å². The van der Waals surface area contributed by atoms with Crippen LogP contribution in [0, 0.1) is 17.0 Å². The summed E-state index contributed by atoms with van der Waals surface area (Å²) in [6.07, 6.45) is 1.51. The average molecular weight is 233 g/mol. The normalized spacial score (nSPS) is 10.5. The van der Waals surface area contributed by atoms with Gasteiger partial charge in [-0.15, -0.1) is 0 Å². The fraction of sp³-hybridized carbons (Fsp3) is 0.182. The Morgan fingerprint density at radius 2 is 2.24 bits per heavy atom. The number of nitro groups is 1. The summed E-state index contributed by atoms with van der Waals surface area (Å²) in [7, 11) is 0. The van der Waals surface area contributed by atoms with Crippen LogP contribution in [0.4, 0.5) is 5.69 Å². The van der Waals surface area contributed by atoms with Gasteiger partial charge in [0.05, 0.1) is 17.7 Å². The molecule has 1 heterocycles. The quantitative estimate of drug-likeness (QED) is 0.646. The van der Waals surface area contributed by atoms with Crippen molar-refractivity contribution in [3.8, 4) is 11.3 Å². The van der Waals surface area contributed by atoms with Crippen LogP contribution >= 0.6 is 0 Å². The van der Waals surface area contributed by atoms with E-state index in [1.54, 1.807) is 13.0 Å². The van der Waals surface area contributed by atoms with E-state index in [4.69, 9.17) is 10.2 Å². The predicted octanol–water partition coefficient (Wildman–Crippen LogP) is 2.02. The van der Waals surface area contributed by atoms with Gasteiger partial charge < -0.3 is 10.2 Å². The van der Waals surface area contributed by atoms with Crippen molar-refractivity contribution in [3.63, 3.8) is 0 Å². The molecule has 2 aromatic rings. The van der Waals surface area contributed by atoms with Crippen molar-refractivity contribution in [1.29, 1.82) is 0 Å². The zero-order chi connectivity index (χ0) is 12.4. The highest BCUT2D eigenvalue weighted by molar-refractivity contribution is 5.61. The third-order valence-electron chi connectivity index (χ3n) is 2.29. The second-order valence-electron chi connectivity index (χ2n) is 3.64. The zero-order valence-corrected chi connectivity index (χ0v) is 9.21. The summed E-state index contributed by atoms with van der Waals surface area (Å²) in [5.74, 6) is 0.890. The van der Waals surface area contributed by atoms with Gasteiger partial charge in [-0.3, -0.25) is 10.1 Å². The van der Waals surface area contributed by atoms with Gasteiger partial charge in [-0.2, -0.15) is 0 Å². The first-order valence-electron chi connectivity index (χ1n) is 5.01. The van der Waals surface area contributed by atoms with Crippen molar-refractivity contribution in [2.75, 3.05) is 0 Å². The molecule has 0 aliphatic heterocycles. The number of benzene rings is 1. The molecule has 17 heavy (non-hydrogen) atoms. The second kappa shape index (κ2) is 4.34. The lowest BCUT2D eigenvalue weighted by atomic mass is 10.1. The summed E-state index contributed by atoms with van der Waals surface area (Å²) < 4.78 is 5.35. The van der Waals surface area contributed by atoms with Crippen molar-refractivity contribution in [1.82, 2.24) is 4.98 Å². The lowest BCUT2D eigenvalue weighted by Crippen LogP contribution is -1.94. The number of hydrogen-bond acceptors (Lipinski definition) is 5. The third-order valence-corrected chi connectivity index (χ3v) is 2.29. The Labute approximate surface area is 97.2 Å². The first-order valence-corrected chi connectivity index (χ1v) is 5.01. The van der Waals surface area contributed by atoms with Gasteiger partial charge in [0.15, 0.2) is 5.76 Å². The Bertz CT molecular complexity index is 563. The summed E-state index contributed by atoms with van der Waals surface area (Å²) in [5, 5.41) is 10.7. The van der Waals surface area contributed by atoms with Crippen LogP contribution in [0.1, 0.15) is 11.5 Å². The van der Waals surface area contributed by atoms with Crippen LogP contribution in [0.15, 0.2) is 28.8 Å². The number of non-ortho nitro benzene ring substituents is 1. The fourth-order valence-corrected chi connectivity index (χ4v) is 1.55. The first kappa shape index (κ1) is 11.3. The van der Waals surface area contributed by atoms with Crippen LogP contribution in [-0.4, -0.2) is 9.91 Å². The number of hydrogen-bond donors (Lipinski definition) is 1. The molecule has 1 aromatic heterocycles. The minimum atomic E-state index is -0.434. The molecule has 0 radical (unpaired) electrons. The molecular formula is C11H11N3O3. The minimum absolute atomic E-state index is 0.0331. The number of nitrogens with two attached hydrogens (primary N) is 1. The van der Waals surface area contributed by atoms with Crippen LogP contribution in [-0.2, 0) is 6.54 Å². The van der Waals surface area contributed by atoms with E-state index in [0.29, 0.717) is 17.2 Å². The maximum Gasteiger partial charge on any atom is 0.270 e. The van der Waals surface area contributed by atoms with Gasteiger partial charge in [0.2, 0.25) is 5.89 Å². The highest BCUT2D eigenvalue weighted by Crippen LogP contribution is 2.26. The van der Waals surface area contributed by atoms with Gasteiger partial charge in [-0.1, -0.05) is 0 Å². The van der Waals surface area contributed by atoms with Gasteiger partial charge >= 0.3 is 0 Å². The molecule has 6 heteroatoms. The Balaban J connectivity index is 2.47. The van der Waals surface area contributed by atoms with Crippen LogP contribution in [0.5, 0.6) is 0 Å². The predicted molar refractivity (Wildman–Crippen MR) is 61.2 cm³/mol. The Morgan fingerprint density at radius 1 is 1.47 bits per heavy atom. The third kappa shape index (κ3) is 2.31. The molecule has 6 nitrogen and oxygen atoms in total. The summed E-state index contributed by atoms with van der Waals surface area (Å²) in [6, 6.07) is 4.76. The molecule has 1 aromatic carbocycles. The smallest absolute Gasteiger partial charge is 0.270 e. The molecule has 0 fully saturated rings. The Kier molecular flexibility index (Phi) is 2.88. The molecule has 0 amide bonds. The molecule has 0 saturated heterocycles. The van der Waals surface area contributed by atoms with Crippen LogP contribution < -0.4 is 5.73 Å². The van der Waals surface area contributed by atoms with Crippen molar-refractivity contribution < 1.29 is 9.34 Å². The fourth-order valence-electron chi connectivity index (χ4n) is 1.55. The maximum atomic E-state index is 10.7. The number of aryl methyl sites for hydroxylation is 1. The van der Waals surface area contributed by atoms with Gasteiger partial charge in [-0.25, -0.2) is 4.98 Å². The molecule has 2 rings (SSSR count). The second-order valence-corrected chi connectivity index (χ2v) is 3.64. The zero-order valence-electron chi connectivity index (χ0n) is 9.21. The number of rotatable bonds is 3. The topological polar surface area (TPSA) is 95.2 Å². The first-order chi connectivity index (χ1) is 8.10. The molecule has 88 valence electrons. The lowest BCUT2D eigenvalue weighted by Gasteiger charge is -1.99. The summed E-state index contributed by atoms with van der Waals surface area (Å²) in [4.78, 5) is 14.3. The number of oxazole rings is 1. The summed E-state index contributed by atoms with van der Waals surface area (Å²) >= 11 is 0. The molecule has 0 unspecified atom stereocenters. The monoisotopic (exact) mass is 233 g/mol. The highest BCUT2D eigenvalue weighted by Gasteiger charge is 2.12. The molecule has 0 aliphatic rings. The lowest BCUT2D eigenvalue weighted by molar-refractivity contribution is -0.384. The Morgan fingerprint density at radius 3 is 2.82 bits per heavy atom. The minimum Gasteiger partial charge on any atom is -0.439 e. The SMILES string of the molecule is Cc1cc(-c2cnc(CN)o2)cc([N+](=O)[O-])c1. The molecule has 0 spiro atoms. The van der Waals surface area contributed by atoms with Gasteiger partial charge in [0.1, 0.15) is 0 Å². The summed E-state index contributed by atoms with van der Waals surface area (Å²) in [6.45, 7) is 1.99. The molecular weight excluding hydrogens is 222 g/mol. The van der Waals surface area contributed by atoms with Gasteiger partial charge in [0.25, 0.3) is 5.69 Å². The number of nitrogens with zero attached hydrogens (tertiary/aromatic N) is 2. The average Bonchev–Trinajstić information content (AvgIpc) is 2.76. The number of aromatic nitrogens is 1. The van der Waals surface area contributed by atoms with E-state index in [2.05, 4.69) is 4.98 Å². The van der Waals surface area contributed by atoms with E-state index in [9.17, 15) is 10.1 Å². The van der Waals surface area contributed by atoms with Gasteiger partial charge in [-0.05, 0) is 18.6 Å². The van der Waals surface area contributed by atoms with Crippen LogP contribution in [0.3, 0.4) is 0 Å². The molecule has 0 atom stereocenters. The molecule has 0 saturated carbocycles. The Hall–Kier alpha value is -2.21. The van der Waals surface area contributed by atoms with E-state index in [0.717, 1.165) is 5.56 Å². The number of nitro benzene ring substituents is 1. The van der Waals surface area contributed by atoms with E-state index < -0.39 is 4.92 Å². The van der Waals surface area contributed by atoms with E-state index in [-0.39, 0.29) is 12.2 Å². The van der Waals surface area contributed by atoms with Crippen molar-refractivity contribution in [2.24, 2.45) is 5.73 Å². The van der Waals surface area contributed by atoms with Gasteiger partial charge in [0, 0.05) is 17.7 Å². The van der Waals surface area contributed by atoms with Crippen molar-refractivity contribution >= 4 is 5.69 Å². The largest absolute Gasteiger partial charge is 0.439 e. The van der Waals surface area contributed by atoms with Crippen LogP contribution in [0.25, 0.3) is 11.3 Å². The van der Waals surface area contributed by atoms with E-state index in [1.807, 2.05) is 0 Å². The van der Waals surface area contributed by atoms with Crippen molar-refractivity contribution in [3.05, 3.63) is 46.0 Å². The standard InChI is InChI=1S/C11H11N3O3/c1-7-2-8(4-9(3-7)14(15)16)10-6-13-11(5-12)17-10/h2-4,6H,5,12H2,1H3. The highest BCUT2D eigenvalue weighted by atomic mass is 16.6. The maximum absolute atomic E-state index is 10.7. The molecule has 0 aliphatic carbocycles.